The molecule has 1 amide bonds. The summed E-state index contributed by atoms with van der Waals surface area (Å²) in [5, 5.41) is 13.0. The molecule has 0 aliphatic carbocycles. The van der Waals surface area contributed by atoms with Gasteiger partial charge in [-0.3, -0.25) is 4.79 Å². The Balaban J connectivity index is 4.56. The SMILES string of the molecule is COC(=O)[C@@H](NC(=O)/C(N)=N/O)C(C)C. The van der Waals surface area contributed by atoms with Gasteiger partial charge < -0.3 is 21.0 Å². The lowest BCUT2D eigenvalue weighted by Crippen LogP contribution is -2.49. The van der Waals surface area contributed by atoms with Crippen molar-refractivity contribution in [2.24, 2.45) is 16.8 Å². The molecule has 0 radical (unpaired) electrons. The van der Waals surface area contributed by atoms with Gasteiger partial charge in [-0.1, -0.05) is 19.0 Å². The highest BCUT2D eigenvalue weighted by atomic mass is 16.5. The van der Waals surface area contributed by atoms with Crippen LogP contribution < -0.4 is 11.1 Å². The average molecular weight is 217 g/mol. The van der Waals surface area contributed by atoms with Crippen LogP contribution in [-0.2, 0) is 14.3 Å². The van der Waals surface area contributed by atoms with Gasteiger partial charge in [0.15, 0.2) is 0 Å². The van der Waals surface area contributed by atoms with Gasteiger partial charge in [0, 0.05) is 0 Å². The number of amidine groups is 1. The smallest absolute Gasteiger partial charge is 0.328 e. The van der Waals surface area contributed by atoms with E-state index in [0.717, 1.165) is 0 Å². The lowest BCUT2D eigenvalue weighted by molar-refractivity contribution is -0.145. The Morgan fingerprint density at radius 2 is 2.00 bits per heavy atom. The van der Waals surface area contributed by atoms with Gasteiger partial charge >= 0.3 is 5.97 Å². The van der Waals surface area contributed by atoms with Crippen molar-refractivity contribution in [3.05, 3.63) is 0 Å². The fourth-order valence-corrected chi connectivity index (χ4v) is 0.885. The van der Waals surface area contributed by atoms with Gasteiger partial charge in [-0.15, -0.1) is 0 Å². The zero-order valence-electron chi connectivity index (χ0n) is 8.85. The Labute approximate surface area is 87.3 Å². The second-order valence-corrected chi connectivity index (χ2v) is 3.20. The molecule has 0 bridgehead atoms. The van der Waals surface area contributed by atoms with Crippen LogP contribution in [0.1, 0.15) is 13.8 Å². The summed E-state index contributed by atoms with van der Waals surface area (Å²) in [6.45, 7) is 3.46. The first-order valence-corrected chi connectivity index (χ1v) is 4.30. The molecule has 0 saturated heterocycles. The highest BCUT2D eigenvalue weighted by molar-refractivity contribution is 6.37. The third-order valence-corrected chi connectivity index (χ3v) is 1.75. The molecule has 0 aliphatic rings. The van der Waals surface area contributed by atoms with Gasteiger partial charge in [0.1, 0.15) is 6.04 Å². The lowest BCUT2D eigenvalue weighted by Gasteiger charge is -2.19. The molecule has 15 heavy (non-hydrogen) atoms. The Hall–Kier alpha value is -1.79. The van der Waals surface area contributed by atoms with Crippen molar-refractivity contribution in [2.75, 3.05) is 7.11 Å². The number of ether oxygens (including phenoxy) is 1. The number of nitrogens with two attached hydrogens (primary N) is 1. The van der Waals surface area contributed by atoms with E-state index in [1.807, 2.05) is 0 Å². The minimum absolute atomic E-state index is 0.159. The Kier molecular flexibility index (Phi) is 5.14. The van der Waals surface area contributed by atoms with Crippen LogP contribution >= 0.6 is 0 Å². The predicted molar refractivity (Wildman–Crippen MR) is 52.2 cm³/mol. The van der Waals surface area contributed by atoms with Crippen LogP contribution in [0.5, 0.6) is 0 Å². The van der Waals surface area contributed by atoms with Crippen molar-refractivity contribution in [1.82, 2.24) is 5.32 Å². The first-order valence-electron chi connectivity index (χ1n) is 4.30. The number of methoxy groups -OCH3 is 1. The van der Waals surface area contributed by atoms with Gasteiger partial charge in [0.2, 0.25) is 5.84 Å². The molecule has 7 nitrogen and oxygen atoms in total. The fourth-order valence-electron chi connectivity index (χ4n) is 0.885. The Bertz CT molecular complexity index is 275. The predicted octanol–water partition coefficient (Wildman–Crippen LogP) is -0.953. The van der Waals surface area contributed by atoms with E-state index in [0.29, 0.717) is 0 Å². The topological polar surface area (TPSA) is 114 Å². The first-order chi connectivity index (χ1) is 6.93. The molecular formula is C8H15N3O4. The van der Waals surface area contributed by atoms with E-state index in [4.69, 9.17) is 10.9 Å². The maximum absolute atomic E-state index is 11.2. The maximum atomic E-state index is 11.2. The zero-order chi connectivity index (χ0) is 12.0. The Morgan fingerprint density at radius 3 is 2.33 bits per heavy atom. The number of amides is 1. The quantitative estimate of drug-likeness (QED) is 0.185. The van der Waals surface area contributed by atoms with Crippen molar-refractivity contribution in [3.63, 3.8) is 0 Å². The van der Waals surface area contributed by atoms with Crippen LogP contribution in [0.2, 0.25) is 0 Å². The summed E-state index contributed by atoms with van der Waals surface area (Å²) < 4.78 is 4.49. The molecule has 4 N–H and O–H groups in total. The molecule has 0 heterocycles. The molecule has 0 aromatic heterocycles. The summed E-state index contributed by atoms with van der Waals surface area (Å²) >= 11 is 0. The van der Waals surface area contributed by atoms with Crippen LogP contribution in [0.25, 0.3) is 0 Å². The van der Waals surface area contributed by atoms with Crippen LogP contribution in [0.4, 0.5) is 0 Å². The fraction of sp³-hybridized carbons (Fsp3) is 0.625. The highest BCUT2D eigenvalue weighted by Crippen LogP contribution is 2.03. The van der Waals surface area contributed by atoms with E-state index in [1.54, 1.807) is 13.8 Å². The van der Waals surface area contributed by atoms with Gasteiger partial charge in [-0.25, -0.2) is 4.79 Å². The van der Waals surface area contributed by atoms with Crippen molar-refractivity contribution in [2.45, 2.75) is 19.9 Å². The molecule has 0 rings (SSSR count). The molecule has 0 saturated carbocycles. The van der Waals surface area contributed by atoms with E-state index in [-0.39, 0.29) is 5.92 Å². The number of hydrogen-bond acceptors (Lipinski definition) is 5. The van der Waals surface area contributed by atoms with Gasteiger partial charge in [0.05, 0.1) is 7.11 Å². The first kappa shape index (κ1) is 13.2. The number of carbonyl (C=O) groups is 2. The molecule has 0 unspecified atom stereocenters. The largest absolute Gasteiger partial charge is 0.467 e. The zero-order valence-corrected chi connectivity index (χ0v) is 8.85. The molecule has 0 spiro atoms. The van der Waals surface area contributed by atoms with E-state index in [2.05, 4.69) is 15.2 Å². The van der Waals surface area contributed by atoms with E-state index < -0.39 is 23.8 Å². The third kappa shape index (κ3) is 3.84. The molecule has 86 valence electrons. The average Bonchev–Trinajstić information content (AvgIpc) is 2.22. The van der Waals surface area contributed by atoms with E-state index in [1.165, 1.54) is 7.11 Å². The molecule has 0 aromatic rings. The summed E-state index contributed by atoms with van der Waals surface area (Å²) in [5.41, 5.74) is 5.04. The summed E-state index contributed by atoms with van der Waals surface area (Å²) in [5.74, 6) is -2.16. The van der Waals surface area contributed by atoms with Crippen LogP contribution in [0.15, 0.2) is 5.16 Å². The van der Waals surface area contributed by atoms with Crippen molar-refractivity contribution in [3.8, 4) is 0 Å². The third-order valence-electron chi connectivity index (χ3n) is 1.75. The molecule has 0 fully saturated rings. The number of nitrogens with zero attached hydrogens (tertiary/aromatic N) is 1. The summed E-state index contributed by atoms with van der Waals surface area (Å²) in [6, 6.07) is -0.817. The van der Waals surface area contributed by atoms with Crippen LogP contribution in [0.3, 0.4) is 0 Å². The number of oxime groups is 1. The molecular weight excluding hydrogens is 202 g/mol. The summed E-state index contributed by atoms with van der Waals surface area (Å²) in [7, 11) is 1.22. The number of nitrogens with one attached hydrogen (secondary N) is 1. The number of esters is 1. The maximum Gasteiger partial charge on any atom is 0.328 e. The number of hydrogen-bond donors (Lipinski definition) is 3. The number of rotatable bonds is 3. The standard InChI is InChI=1S/C8H15N3O4/c1-4(2)5(8(13)15-3)10-7(12)6(9)11-14/h4-5,14H,1-3H3,(H2,9,11)(H,10,12)/t5-/m0/s1. The van der Waals surface area contributed by atoms with Crippen molar-refractivity contribution >= 4 is 17.7 Å². The van der Waals surface area contributed by atoms with Gasteiger partial charge in [-0.05, 0) is 5.92 Å². The highest BCUT2D eigenvalue weighted by Gasteiger charge is 2.25. The Morgan fingerprint density at radius 1 is 1.47 bits per heavy atom. The minimum atomic E-state index is -0.818. The van der Waals surface area contributed by atoms with Gasteiger partial charge in [0.25, 0.3) is 5.91 Å². The molecule has 7 heteroatoms. The summed E-state index contributed by atoms with van der Waals surface area (Å²) in [6.07, 6.45) is 0. The molecule has 0 aliphatic heterocycles. The number of carbonyl (C=O) groups excluding carboxylic acids is 2. The van der Waals surface area contributed by atoms with Crippen molar-refractivity contribution in [1.29, 1.82) is 0 Å². The minimum Gasteiger partial charge on any atom is -0.467 e. The van der Waals surface area contributed by atoms with E-state index >= 15 is 0 Å². The molecule has 0 aromatic carbocycles. The summed E-state index contributed by atoms with van der Waals surface area (Å²) in [4.78, 5) is 22.4. The van der Waals surface area contributed by atoms with Crippen molar-refractivity contribution < 1.29 is 19.5 Å². The van der Waals surface area contributed by atoms with E-state index in [9.17, 15) is 9.59 Å². The monoisotopic (exact) mass is 217 g/mol. The van der Waals surface area contributed by atoms with Crippen LogP contribution in [0, 0.1) is 5.92 Å². The second-order valence-electron chi connectivity index (χ2n) is 3.20. The lowest BCUT2D eigenvalue weighted by atomic mass is 10.0. The normalized spacial score (nSPS) is 13.5. The second kappa shape index (κ2) is 5.84. The van der Waals surface area contributed by atoms with Gasteiger partial charge in [-0.2, -0.15) is 0 Å². The van der Waals surface area contributed by atoms with Crippen LogP contribution in [-0.4, -0.2) is 36.1 Å². The molecule has 1 atom stereocenters.